The van der Waals surface area contributed by atoms with E-state index in [0.29, 0.717) is 0 Å². The molecule has 3 N–H and O–H groups in total. The summed E-state index contributed by atoms with van der Waals surface area (Å²) in [6.07, 6.45) is 0. The molecule has 0 aliphatic carbocycles. The maximum absolute atomic E-state index is 12.1. The van der Waals surface area contributed by atoms with Gasteiger partial charge in [0.2, 0.25) is 10.0 Å². The molecule has 0 spiro atoms. The minimum Gasteiger partial charge on any atom is -0.507 e. The van der Waals surface area contributed by atoms with Crippen LogP contribution in [0.5, 0.6) is 5.75 Å². The standard InChI is InChI=1S/C11H14ClNO5S/c1-11(2,3)13-19(17,18)9-4-6(10(15)16)8(14)5-7(9)12/h4-5,13-14H,1-3H3,(H,15,16). The molecule has 0 atom stereocenters. The fourth-order valence-electron chi connectivity index (χ4n) is 1.38. The molecule has 0 aromatic heterocycles. The second kappa shape index (κ2) is 4.99. The molecule has 0 saturated heterocycles. The number of hydrogen-bond donors (Lipinski definition) is 3. The predicted molar refractivity (Wildman–Crippen MR) is 70.2 cm³/mol. The number of aromatic hydroxyl groups is 1. The van der Waals surface area contributed by atoms with E-state index in [1.807, 2.05) is 0 Å². The van der Waals surface area contributed by atoms with Gasteiger partial charge in [-0.1, -0.05) is 11.6 Å². The zero-order valence-corrected chi connectivity index (χ0v) is 12.1. The lowest BCUT2D eigenvalue weighted by Gasteiger charge is -2.21. The summed E-state index contributed by atoms with van der Waals surface area (Å²) >= 11 is 5.75. The minimum atomic E-state index is -3.98. The van der Waals surface area contributed by atoms with Gasteiger partial charge in [-0.25, -0.2) is 17.9 Å². The fourth-order valence-corrected chi connectivity index (χ4v) is 3.35. The van der Waals surface area contributed by atoms with E-state index in [2.05, 4.69) is 4.72 Å². The number of hydrogen-bond acceptors (Lipinski definition) is 4. The van der Waals surface area contributed by atoms with Gasteiger partial charge in [0.25, 0.3) is 0 Å². The van der Waals surface area contributed by atoms with Crippen LogP contribution in [0.3, 0.4) is 0 Å². The summed E-state index contributed by atoms with van der Waals surface area (Å²) in [5.41, 5.74) is -1.28. The van der Waals surface area contributed by atoms with E-state index >= 15 is 0 Å². The second-order valence-electron chi connectivity index (χ2n) is 4.96. The first-order chi connectivity index (χ1) is 8.44. The number of aromatic carboxylic acids is 1. The number of sulfonamides is 1. The van der Waals surface area contributed by atoms with Gasteiger partial charge in [-0.3, -0.25) is 0 Å². The van der Waals surface area contributed by atoms with Crippen LogP contribution in [0.15, 0.2) is 17.0 Å². The third-order valence-electron chi connectivity index (χ3n) is 2.01. The highest BCUT2D eigenvalue weighted by atomic mass is 35.5. The number of carbonyl (C=O) groups is 1. The van der Waals surface area contributed by atoms with E-state index in [4.69, 9.17) is 16.7 Å². The van der Waals surface area contributed by atoms with Crippen molar-refractivity contribution in [1.29, 1.82) is 0 Å². The fraction of sp³-hybridized carbons (Fsp3) is 0.364. The summed E-state index contributed by atoms with van der Waals surface area (Å²) in [7, 11) is -3.98. The van der Waals surface area contributed by atoms with Gasteiger partial charge >= 0.3 is 5.97 Å². The molecular formula is C11H14ClNO5S. The van der Waals surface area contributed by atoms with Crippen LogP contribution < -0.4 is 4.72 Å². The van der Waals surface area contributed by atoms with E-state index in [-0.39, 0.29) is 9.92 Å². The van der Waals surface area contributed by atoms with Crippen molar-refractivity contribution in [2.24, 2.45) is 0 Å². The lowest BCUT2D eigenvalue weighted by Crippen LogP contribution is -2.40. The highest BCUT2D eigenvalue weighted by Crippen LogP contribution is 2.30. The van der Waals surface area contributed by atoms with E-state index in [1.54, 1.807) is 20.8 Å². The summed E-state index contributed by atoms with van der Waals surface area (Å²) < 4.78 is 26.5. The minimum absolute atomic E-state index is 0.251. The number of halogens is 1. The number of benzene rings is 1. The van der Waals surface area contributed by atoms with E-state index in [9.17, 15) is 18.3 Å². The molecule has 0 bridgehead atoms. The Bertz CT molecular complexity index is 619. The van der Waals surface area contributed by atoms with Crippen molar-refractivity contribution in [2.45, 2.75) is 31.2 Å². The van der Waals surface area contributed by atoms with Gasteiger partial charge in [0.15, 0.2) is 0 Å². The molecule has 8 heteroatoms. The summed E-state index contributed by atoms with van der Waals surface area (Å²) in [5, 5.41) is 18.0. The molecule has 0 amide bonds. The second-order valence-corrected chi connectivity index (χ2v) is 7.02. The van der Waals surface area contributed by atoms with Crippen LogP contribution in [0.25, 0.3) is 0 Å². The van der Waals surface area contributed by atoms with Crippen molar-refractivity contribution in [3.8, 4) is 5.75 Å². The first kappa shape index (κ1) is 15.7. The molecule has 0 heterocycles. The van der Waals surface area contributed by atoms with Gasteiger partial charge in [-0.15, -0.1) is 0 Å². The highest BCUT2D eigenvalue weighted by molar-refractivity contribution is 7.89. The van der Waals surface area contributed by atoms with E-state index in [1.165, 1.54) is 0 Å². The molecule has 19 heavy (non-hydrogen) atoms. The topological polar surface area (TPSA) is 104 Å². The number of carboxylic acids is 1. The Morgan fingerprint density at radius 2 is 1.84 bits per heavy atom. The van der Waals surface area contributed by atoms with E-state index < -0.39 is 32.8 Å². The lowest BCUT2D eigenvalue weighted by atomic mass is 10.1. The molecule has 0 aliphatic heterocycles. The molecule has 1 aromatic rings. The number of nitrogens with one attached hydrogen (secondary N) is 1. The van der Waals surface area contributed by atoms with Crippen LogP contribution in [0.2, 0.25) is 5.02 Å². The quantitative estimate of drug-likeness (QED) is 0.790. The van der Waals surface area contributed by atoms with Gasteiger partial charge in [0, 0.05) is 11.6 Å². The van der Waals surface area contributed by atoms with Gasteiger partial charge < -0.3 is 10.2 Å². The lowest BCUT2D eigenvalue weighted by molar-refractivity contribution is 0.0693. The summed E-state index contributed by atoms with van der Waals surface area (Å²) in [4.78, 5) is 10.5. The number of carboxylic acid groups (broad SMARTS) is 1. The molecule has 0 aliphatic rings. The van der Waals surface area contributed by atoms with Crippen LogP contribution in [0, 0.1) is 0 Å². The smallest absolute Gasteiger partial charge is 0.339 e. The monoisotopic (exact) mass is 307 g/mol. The highest BCUT2D eigenvalue weighted by Gasteiger charge is 2.26. The number of phenols is 1. The van der Waals surface area contributed by atoms with Crippen LogP contribution >= 0.6 is 11.6 Å². The van der Waals surface area contributed by atoms with Crippen LogP contribution in [0.4, 0.5) is 0 Å². The van der Waals surface area contributed by atoms with Crippen LogP contribution in [-0.4, -0.2) is 30.1 Å². The van der Waals surface area contributed by atoms with Crippen molar-refractivity contribution in [3.63, 3.8) is 0 Å². The zero-order valence-electron chi connectivity index (χ0n) is 10.6. The molecule has 0 radical (unpaired) electrons. The third-order valence-corrected chi connectivity index (χ3v) is 4.23. The summed E-state index contributed by atoms with van der Waals surface area (Å²) in [6, 6.07) is 1.72. The van der Waals surface area contributed by atoms with Gasteiger partial charge in [-0.05, 0) is 26.8 Å². The van der Waals surface area contributed by atoms with Gasteiger partial charge in [0.1, 0.15) is 16.2 Å². The van der Waals surface area contributed by atoms with Crippen molar-refractivity contribution in [3.05, 3.63) is 22.7 Å². The Balaban J connectivity index is 3.43. The Kier molecular flexibility index (Phi) is 4.14. The maximum Gasteiger partial charge on any atom is 0.339 e. The average Bonchev–Trinajstić information content (AvgIpc) is 2.11. The molecule has 6 nitrogen and oxygen atoms in total. The van der Waals surface area contributed by atoms with E-state index in [0.717, 1.165) is 12.1 Å². The summed E-state index contributed by atoms with van der Waals surface area (Å²) in [5.74, 6) is -2.03. The van der Waals surface area contributed by atoms with Crippen molar-refractivity contribution < 1.29 is 23.4 Å². The molecule has 1 rings (SSSR count). The maximum atomic E-state index is 12.1. The van der Waals surface area contributed by atoms with Gasteiger partial charge in [0.05, 0.1) is 5.02 Å². The SMILES string of the molecule is CC(C)(C)NS(=O)(=O)c1cc(C(=O)O)c(O)cc1Cl. The van der Waals surface area contributed by atoms with Crippen molar-refractivity contribution in [2.75, 3.05) is 0 Å². The van der Waals surface area contributed by atoms with Crippen LogP contribution in [-0.2, 0) is 10.0 Å². The molecule has 1 aromatic carbocycles. The third kappa shape index (κ3) is 3.82. The molecule has 0 saturated carbocycles. The first-order valence-corrected chi connectivity index (χ1v) is 7.10. The first-order valence-electron chi connectivity index (χ1n) is 5.24. The summed E-state index contributed by atoms with van der Waals surface area (Å²) in [6.45, 7) is 4.91. The predicted octanol–water partition coefficient (Wildman–Crippen LogP) is 1.82. The Hall–Kier alpha value is -1.31. The normalized spacial score (nSPS) is 12.4. The molecular weight excluding hydrogens is 294 g/mol. The van der Waals surface area contributed by atoms with Crippen LogP contribution in [0.1, 0.15) is 31.1 Å². The molecule has 0 unspecified atom stereocenters. The zero-order chi connectivity index (χ0) is 15.0. The Morgan fingerprint density at radius 1 is 1.32 bits per heavy atom. The molecule has 106 valence electrons. The molecule has 0 fully saturated rings. The largest absolute Gasteiger partial charge is 0.507 e. The van der Waals surface area contributed by atoms with Crippen molar-refractivity contribution in [1.82, 2.24) is 4.72 Å². The number of rotatable bonds is 3. The Morgan fingerprint density at radius 3 is 2.26 bits per heavy atom. The van der Waals surface area contributed by atoms with Crippen molar-refractivity contribution >= 4 is 27.6 Å². The Labute approximate surface area is 116 Å². The average molecular weight is 308 g/mol. The van der Waals surface area contributed by atoms with Gasteiger partial charge in [-0.2, -0.15) is 0 Å².